The zero-order chi connectivity index (χ0) is 11.4. The second kappa shape index (κ2) is 4.64. The molecule has 0 aromatic heterocycles. The molecule has 1 fully saturated rings. The number of benzene rings is 1. The fourth-order valence-corrected chi connectivity index (χ4v) is 1.48. The predicted molar refractivity (Wildman–Crippen MR) is 60.6 cm³/mol. The SMILES string of the molecule is N#CCC#Cc1ccc(C(=O)C2CC2)cc1. The van der Waals surface area contributed by atoms with Crippen LogP contribution in [0, 0.1) is 29.1 Å². The van der Waals surface area contributed by atoms with Crippen LogP contribution in [0.4, 0.5) is 0 Å². The summed E-state index contributed by atoms with van der Waals surface area (Å²) < 4.78 is 0. The number of nitriles is 1. The van der Waals surface area contributed by atoms with Crippen LogP contribution < -0.4 is 0 Å². The molecule has 1 aromatic rings. The normalized spacial score (nSPS) is 13.4. The quantitative estimate of drug-likeness (QED) is 0.554. The molecule has 78 valence electrons. The number of carbonyl (C=O) groups excluding carboxylic acids is 1. The first-order chi connectivity index (χ1) is 7.81. The maximum Gasteiger partial charge on any atom is 0.165 e. The second-order valence-electron chi connectivity index (χ2n) is 3.85. The van der Waals surface area contributed by atoms with Crippen molar-refractivity contribution in [2.24, 2.45) is 5.92 Å². The lowest BCUT2D eigenvalue weighted by Gasteiger charge is -1.98. The van der Waals surface area contributed by atoms with Gasteiger partial charge in [-0.05, 0) is 25.0 Å². The first-order valence-electron chi connectivity index (χ1n) is 5.31. The third-order valence-electron chi connectivity index (χ3n) is 2.52. The highest BCUT2D eigenvalue weighted by molar-refractivity contribution is 5.99. The van der Waals surface area contributed by atoms with Crippen LogP contribution in [-0.4, -0.2) is 5.78 Å². The molecule has 0 saturated heterocycles. The van der Waals surface area contributed by atoms with E-state index in [0.717, 1.165) is 24.0 Å². The van der Waals surface area contributed by atoms with Gasteiger partial charge < -0.3 is 0 Å². The molecule has 2 nitrogen and oxygen atoms in total. The number of hydrogen-bond acceptors (Lipinski definition) is 2. The van der Waals surface area contributed by atoms with Crippen LogP contribution in [0.5, 0.6) is 0 Å². The Morgan fingerprint density at radius 1 is 1.31 bits per heavy atom. The standard InChI is InChI=1S/C14H11NO/c15-10-2-1-3-11-4-6-12(7-5-11)14(16)13-8-9-13/h4-7,13H,2,8-9H2. The summed E-state index contributed by atoms with van der Waals surface area (Å²) in [7, 11) is 0. The van der Waals surface area contributed by atoms with Gasteiger partial charge in [-0.1, -0.05) is 24.0 Å². The van der Waals surface area contributed by atoms with Gasteiger partial charge in [0, 0.05) is 17.0 Å². The van der Waals surface area contributed by atoms with Crippen molar-refractivity contribution >= 4 is 5.78 Å². The molecule has 0 aliphatic heterocycles. The zero-order valence-corrected chi connectivity index (χ0v) is 8.86. The Kier molecular flexibility index (Phi) is 3.03. The topological polar surface area (TPSA) is 40.9 Å². The third kappa shape index (κ3) is 2.49. The summed E-state index contributed by atoms with van der Waals surface area (Å²) in [6.45, 7) is 0. The third-order valence-corrected chi connectivity index (χ3v) is 2.52. The molecule has 0 atom stereocenters. The summed E-state index contributed by atoms with van der Waals surface area (Å²) in [5.41, 5.74) is 1.62. The lowest BCUT2D eigenvalue weighted by atomic mass is 10.1. The maximum absolute atomic E-state index is 11.7. The molecule has 1 saturated carbocycles. The van der Waals surface area contributed by atoms with Crippen LogP contribution in [-0.2, 0) is 0 Å². The van der Waals surface area contributed by atoms with E-state index in [4.69, 9.17) is 5.26 Å². The van der Waals surface area contributed by atoms with Crippen molar-refractivity contribution in [3.63, 3.8) is 0 Å². The molecule has 16 heavy (non-hydrogen) atoms. The lowest BCUT2D eigenvalue weighted by Crippen LogP contribution is -2.00. The van der Waals surface area contributed by atoms with Crippen LogP contribution in [0.25, 0.3) is 0 Å². The lowest BCUT2D eigenvalue weighted by molar-refractivity contribution is 0.0967. The number of hydrogen-bond donors (Lipinski definition) is 0. The van der Waals surface area contributed by atoms with E-state index in [-0.39, 0.29) is 18.1 Å². The number of ketones is 1. The first-order valence-corrected chi connectivity index (χ1v) is 5.31. The summed E-state index contributed by atoms with van der Waals surface area (Å²) in [5, 5.41) is 8.33. The molecule has 0 radical (unpaired) electrons. The average Bonchev–Trinajstić information content (AvgIpc) is 3.13. The van der Waals surface area contributed by atoms with Gasteiger partial charge >= 0.3 is 0 Å². The fourth-order valence-electron chi connectivity index (χ4n) is 1.48. The number of Topliss-reactive ketones (excluding diaryl/α,β-unsaturated/α-hetero) is 1. The molecule has 1 aliphatic rings. The van der Waals surface area contributed by atoms with Gasteiger partial charge in [0.05, 0.1) is 12.5 Å². The van der Waals surface area contributed by atoms with Crippen LogP contribution in [0.2, 0.25) is 0 Å². The van der Waals surface area contributed by atoms with E-state index in [2.05, 4.69) is 11.8 Å². The van der Waals surface area contributed by atoms with E-state index >= 15 is 0 Å². The van der Waals surface area contributed by atoms with E-state index in [1.54, 1.807) is 0 Å². The Morgan fingerprint density at radius 3 is 2.56 bits per heavy atom. The van der Waals surface area contributed by atoms with Gasteiger partial charge in [-0.15, -0.1) is 0 Å². The van der Waals surface area contributed by atoms with Gasteiger partial charge in [-0.3, -0.25) is 4.79 Å². The molecule has 0 amide bonds. The first kappa shape index (κ1) is 10.5. The largest absolute Gasteiger partial charge is 0.294 e. The molecular weight excluding hydrogens is 198 g/mol. The molecule has 2 rings (SSSR count). The Morgan fingerprint density at radius 2 is 2.00 bits per heavy atom. The summed E-state index contributed by atoms with van der Waals surface area (Å²) in [6.07, 6.45) is 2.30. The van der Waals surface area contributed by atoms with Gasteiger partial charge in [0.25, 0.3) is 0 Å². The van der Waals surface area contributed by atoms with Crippen molar-refractivity contribution in [3.8, 4) is 17.9 Å². The Labute approximate surface area is 94.9 Å². The van der Waals surface area contributed by atoms with Gasteiger partial charge in [-0.25, -0.2) is 0 Å². The van der Waals surface area contributed by atoms with Crippen molar-refractivity contribution in [2.75, 3.05) is 0 Å². The Balaban J connectivity index is 2.08. The smallest absolute Gasteiger partial charge is 0.165 e. The van der Waals surface area contributed by atoms with E-state index in [1.165, 1.54) is 0 Å². The number of carbonyl (C=O) groups is 1. The van der Waals surface area contributed by atoms with Crippen LogP contribution >= 0.6 is 0 Å². The number of rotatable bonds is 2. The molecule has 1 aromatic carbocycles. The van der Waals surface area contributed by atoms with Crippen LogP contribution in [0.15, 0.2) is 24.3 Å². The second-order valence-corrected chi connectivity index (χ2v) is 3.85. The molecule has 0 spiro atoms. The summed E-state index contributed by atoms with van der Waals surface area (Å²) in [4.78, 5) is 11.7. The summed E-state index contributed by atoms with van der Waals surface area (Å²) in [6, 6.07) is 9.26. The van der Waals surface area contributed by atoms with Crippen molar-refractivity contribution in [3.05, 3.63) is 35.4 Å². The molecule has 2 heteroatoms. The monoisotopic (exact) mass is 209 g/mol. The average molecular weight is 209 g/mol. The summed E-state index contributed by atoms with van der Waals surface area (Å²) >= 11 is 0. The molecule has 0 N–H and O–H groups in total. The van der Waals surface area contributed by atoms with Gasteiger partial charge in [0.1, 0.15) is 0 Å². The van der Waals surface area contributed by atoms with Gasteiger partial charge in [0.15, 0.2) is 5.78 Å². The van der Waals surface area contributed by atoms with Crippen LogP contribution in [0.3, 0.4) is 0 Å². The van der Waals surface area contributed by atoms with Crippen molar-refractivity contribution in [1.82, 2.24) is 0 Å². The number of nitrogens with zero attached hydrogens (tertiary/aromatic N) is 1. The molecule has 0 heterocycles. The summed E-state index contributed by atoms with van der Waals surface area (Å²) in [5.74, 6) is 6.12. The molecule has 0 bridgehead atoms. The van der Waals surface area contributed by atoms with Crippen molar-refractivity contribution in [1.29, 1.82) is 5.26 Å². The van der Waals surface area contributed by atoms with Crippen molar-refractivity contribution in [2.45, 2.75) is 19.3 Å². The molecule has 0 unspecified atom stereocenters. The minimum atomic E-state index is 0.239. The highest BCUT2D eigenvalue weighted by Gasteiger charge is 2.30. The van der Waals surface area contributed by atoms with Gasteiger partial charge in [-0.2, -0.15) is 5.26 Å². The van der Waals surface area contributed by atoms with E-state index < -0.39 is 0 Å². The highest BCUT2D eigenvalue weighted by Crippen LogP contribution is 2.32. The minimum Gasteiger partial charge on any atom is -0.294 e. The Bertz CT molecular complexity index is 492. The van der Waals surface area contributed by atoms with E-state index in [9.17, 15) is 4.79 Å². The highest BCUT2D eigenvalue weighted by atomic mass is 16.1. The maximum atomic E-state index is 11.7. The van der Waals surface area contributed by atoms with E-state index in [1.807, 2.05) is 30.3 Å². The fraction of sp³-hybridized carbons (Fsp3) is 0.286. The molecular formula is C14H11NO. The zero-order valence-electron chi connectivity index (χ0n) is 8.86. The van der Waals surface area contributed by atoms with Crippen molar-refractivity contribution < 1.29 is 4.79 Å². The van der Waals surface area contributed by atoms with Crippen LogP contribution in [0.1, 0.15) is 35.2 Å². The van der Waals surface area contributed by atoms with Gasteiger partial charge in [0.2, 0.25) is 0 Å². The minimum absolute atomic E-state index is 0.239. The predicted octanol–water partition coefficient (Wildman–Crippen LogP) is 2.54. The molecule has 1 aliphatic carbocycles. The Hall–Kier alpha value is -2.06. The van der Waals surface area contributed by atoms with E-state index in [0.29, 0.717) is 0 Å².